The molecule has 0 bridgehead atoms. The monoisotopic (exact) mass is 624 g/mol. The Bertz CT molecular complexity index is 1790. The summed E-state index contributed by atoms with van der Waals surface area (Å²) in [6.07, 6.45) is 3.00. The van der Waals surface area contributed by atoms with Crippen LogP contribution in [0.1, 0.15) is 69.0 Å². The number of aromatic nitrogens is 4. The second-order valence-electron chi connectivity index (χ2n) is 13.0. The largest absolute Gasteiger partial charge is 0.444 e. The van der Waals surface area contributed by atoms with Gasteiger partial charge in [-0.2, -0.15) is 0 Å². The number of aromatic amines is 1. The molecule has 3 N–H and O–H groups in total. The van der Waals surface area contributed by atoms with E-state index in [4.69, 9.17) is 4.74 Å². The highest BCUT2D eigenvalue weighted by Crippen LogP contribution is 2.26. The number of nitrogens with one attached hydrogen (secondary N) is 3. The number of benzene rings is 3. The second-order valence-corrected chi connectivity index (χ2v) is 13.0. The summed E-state index contributed by atoms with van der Waals surface area (Å²) in [6.45, 7) is 8.93. The Balaban J connectivity index is 1.51. The average molecular weight is 625 g/mol. The number of H-pyrrole nitrogens is 1. The Morgan fingerprint density at radius 2 is 1.59 bits per heavy atom. The number of carbonyl (C=O) groups is 2. The summed E-state index contributed by atoms with van der Waals surface area (Å²) in [5.74, 6) is 0.568. The van der Waals surface area contributed by atoms with Crippen molar-refractivity contribution in [3.63, 3.8) is 0 Å². The number of hydrogen-bond acceptors (Lipinski definition) is 5. The van der Waals surface area contributed by atoms with Crippen LogP contribution in [0, 0.1) is 5.82 Å². The van der Waals surface area contributed by atoms with E-state index >= 15 is 0 Å². The molecular weight excluding hydrogens is 583 g/mol. The number of ether oxygens (including phenoxy) is 1. The van der Waals surface area contributed by atoms with Crippen LogP contribution in [0.4, 0.5) is 9.18 Å². The number of nitrogens with zero attached hydrogens (tertiary/aromatic N) is 3. The molecule has 0 radical (unpaired) electrons. The van der Waals surface area contributed by atoms with Gasteiger partial charge in [0.25, 0.3) is 0 Å². The van der Waals surface area contributed by atoms with E-state index in [1.165, 1.54) is 17.7 Å². The van der Waals surface area contributed by atoms with Crippen molar-refractivity contribution in [2.75, 3.05) is 0 Å². The molecule has 2 heterocycles. The molecule has 0 unspecified atom stereocenters. The molecule has 0 saturated heterocycles. The van der Waals surface area contributed by atoms with Gasteiger partial charge in [-0.25, -0.2) is 9.18 Å². The number of para-hydroxylation sites is 1. The zero-order chi connectivity index (χ0) is 32.9. The first-order chi connectivity index (χ1) is 21.9. The quantitative estimate of drug-likeness (QED) is 0.157. The van der Waals surface area contributed by atoms with Gasteiger partial charge in [0.15, 0.2) is 5.82 Å². The lowest BCUT2D eigenvalue weighted by molar-refractivity contribution is -0.127. The predicted octanol–water partition coefficient (Wildman–Crippen LogP) is 6.44. The fourth-order valence-corrected chi connectivity index (χ4v) is 5.32. The van der Waals surface area contributed by atoms with Gasteiger partial charge >= 0.3 is 6.09 Å². The Labute approximate surface area is 268 Å². The van der Waals surface area contributed by atoms with Gasteiger partial charge < -0.3 is 24.9 Å². The van der Waals surface area contributed by atoms with Crippen molar-refractivity contribution in [1.82, 2.24) is 30.4 Å². The summed E-state index contributed by atoms with van der Waals surface area (Å²) in [5.41, 5.74) is 1.97. The summed E-state index contributed by atoms with van der Waals surface area (Å²) < 4.78 is 21.2. The number of rotatable bonds is 11. The summed E-state index contributed by atoms with van der Waals surface area (Å²) in [4.78, 5) is 29.8. The molecule has 0 aliphatic carbocycles. The van der Waals surface area contributed by atoms with Gasteiger partial charge in [-0.15, -0.1) is 10.2 Å². The molecule has 0 spiro atoms. The van der Waals surface area contributed by atoms with E-state index in [0.29, 0.717) is 25.2 Å². The normalized spacial score (nSPS) is 12.6. The van der Waals surface area contributed by atoms with Gasteiger partial charge in [-0.05, 0) is 75.9 Å². The topological polar surface area (TPSA) is 114 Å². The third kappa shape index (κ3) is 8.18. The van der Waals surface area contributed by atoms with Crippen molar-refractivity contribution < 1.29 is 18.7 Å². The SMILES string of the molecule is CC(C)(C)OC(=O)NC(C)(C)C(=O)N[C@H](Cc1c[nH]c2ccccc12)c1nnc(CCc2ccccc2)n1Cc1ccc(F)cc1. The molecule has 0 aliphatic heterocycles. The van der Waals surface area contributed by atoms with Crippen molar-refractivity contribution >= 4 is 22.9 Å². The highest BCUT2D eigenvalue weighted by Gasteiger charge is 2.35. The standard InChI is InChI=1S/C36H41FN6O3/c1-35(2,3)46-34(45)40-36(4,5)33(44)39-30(21-26-22-38-29-14-10-9-13-28(26)29)32-42-41-31(20-17-24-11-7-6-8-12-24)43(32)23-25-15-18-27(37)19-16-25/h6-16,18-19,22,30,38H,17,20-21,23H2,1-5H3,(H,39,44)(H,40,45)/t30-/m1/s1. The lowest BCUT2D eigenvalue weighted by Gasteiger charge is -2.29. The van der Waals surface area contributed by atoms with Gasteiger partial charge in [-0.3, -0.25) is 4.79 Å². The zero-order valence-corrected chi connectivity index (χ0v) is 26.9. The van der Waals surface area contributed by atoms with Crippen molar-refractivity contribution in [2.45, 2.75) is 77.6 Å². The summed E-state index contributed by atoms with van der Waals surface area (Å²) in [7, 11) is 0. The van der Waals surface area contributed by atoms with Crippen LogP contribution < -0.4 is 10.6 Å². The molecule has 0 aliphatic rings. The van der Waals surface area contributed by atoms with E-state index in [-0.39, 0.29) is 5.82 Å². The summed E-state index contributed by atoms with van der Waals surface area (Å²) in [6, 6.07) is 23.8. The minimum atomic E-state index is -1.31. The van der Waals surface area contributed by atoms with E-state index < -0.39 is 29.2 Å². The second kappa shape index (κ2) is 13.6. The zero-order valence-electron chi connectivity index (χ0n) is 26.9. The summed E-state index contributed by atoms with van der Waals surface area (Å²) in [5, 5.41) is 16.1. The van der Waals surface area contributed by atoms with Gasteiger partial charge in [0, 0.05) is 29.9 Å². The van der Waals surface area contributed by atoms with Crippen LogP contribution in [0.3, 0.4) is 0 Å². The van der Waals surface area contributed by atoms with E-state index in [0.717, 1.165) is 34.3 Å². The molecule has 2 aromatic heterocycles. The van der Waals surface area contributed by atoms with Crippen LogP contribution in [0.5, 0.6) is 0 Å². The van der Waals surface area contributed by atoms with Crippen LogP contribution in [-0.4, -0.2) is 42.9 Å². The van der Waals surface area contributed by atoms with Crippen molar-refractivity contribution in [1.29, 1.82) is 0 Å². The molecule has 0 saturated carbocycles. The van der Waals surface area contributed by atoms with Crippen LogP contribution in [0.2, 0.25) is 0 Å². The molecule has 46 heavy (non-hydrogen) atoms. The molecule has 1 atom stereocenters. The maximum Gasteiger partial charge on any atom is 0.408 e. The van der Waals surface area contributed by atoms with E-state index in [1.807, 2.05) is 53.2 Å². The molecule has 3 aromatic carbocycles. The Morgan fingerprint density at radius 3 is 2.30 bits per heavy atom. The first kappa shape index (κ1) is 32.4. The van der Waals surface area contributed by atoms with Crippen molar-refractivity contribution in [3.05, 3.63) is 119 Å². The van der Waals surface area contributed by atoms with E-state index in [1.54, 1.807) is 46.8 Å². The molecule has 240 valence electrons. The molecule has 10 heteroatoms. The number of carbonyl (C=O) groups excluding carboxylic acids is 2. The van der Waals surface area contributed by atoms with Crippen LogP contribution >= 0.6 is 0 Å². The average Bonchev–Trinajstić information content (AvgIpc) is 3.60. The Morgan fingerprint density at radius 1 is 0.891 bits per heavy atom. The maximum absolute atomic E-state index is 13.9. The molecular formula is C36H41FN6O3. The molecule has 5 aromatic rings. The van der Waals surface area contributed by atoms with Gasteiger partial charge in [0.05, 0.1) is 12.6 Å². The lowest BCUT2D eigenvalue weighted by atomic mass is 10.0. The van der Waals surface area contributed by atoms with Crippen molar-refractivity contribution in [2.24, 2.45) is 0 Å². The Hall–Kier alpha value is -4.99. The van der Waals surface area contributed by atoms with Gasteiger partial charge in [0.1, 0.15) is 22.8 Å². The number of halogens is 1. The fraction of sp³-hybridized carbons (Fsp3) is 0.333. The third-order valence-corrected chi connectivity index (χ3v) is 7.69. The van der Waals surface area contributed by atoms with Crippen LogP contribution in [0.15, 0.2) is 85.1 Å². The maximum atomic E-state index is 13.9. The lowest BCUT2D eigenvalue weighted by Crippen LogP contribution is -2.56. The minimum absolute atomic E-state index is 0.318. The van der Waals surface area contributed by atoms with Crippen molar-refractivity contribution in [3.8, 4) is 0 Å². The fourth-order valence-electron chi connectivity index (χ4n) is 5.32. The number of hydrogen-bond donors (Lipinski definition) is 3. The molecule has 5 rings (SSSR count). The first-order valence-corrected chi connectivity index (χ1v) is 15.5. The predicted molar refractivity (Wildman–Crippen MR) is 176 cm³/mol. The van der Waals surface area contributed by atoms with E-state index in [2.05, 4.69) is 37.9 Å². The third-order valence-electron chi connectivity index (χ3n) is 7.69. The van der Waals surface area contributed by atoms with Gasteiger partial charge in [-0.1, -0.05) is 60.7 Å². The molecule has 2 amide bonds. The highest BCUT2D eigenvalue weighted by molar-refractivity contribution is 5.89. The molecule has 0 fully saturated rings. The number of amides is 2. The number of fused-ring (bicyclic) bond motifs is 1. The first-order valence-electron chi connectivity index (χ1n) is 15.5. The van der Waals surface area contributed by atoms with Crippen LogP contribution in [0.25, 0.3) is 10.9 Å². The van der Waals surface area contributed by atoms with E-state index in [9.17, 15) is 14.0 Å². The smallest absolute Gasteiger partial charge is 0.408 e. The Kier molecular flexibility index (Phi) is 9.55. The summed E-state index contributed by atoms with van der Waals surface area (Å²) >= 11 is 0. The molecule has 9 nitrogen and oxygen atoms in total. The number of aryl methyl sites for hydroxylation is 2. The minimum Gasteiger partial charge on any atom is -0.444 e. The van der Waals surface area contributed by atoms with Crippen LogP contribution in [-0.2, 0) is 35.3 Å². The van der Waals surface area contributed by atoms with Gasteiger partial charge in [0.2, 0.25) is 5.91 Å². The number of alkyl carbamates (subject to hydrolysis) is 1. The highest BCUT2D eigenvalue weighted by atomic mass is 19.1.